The number of ketones is 2. The fourth-order valence-corrected chi connectivity index (χ4v) is 18.6. The van der Waals surface area contributed by atoms with Gasteiger partial charge in [0.2, 0.25) is 17.6 Å². The number of alkyl carbamates (subject to hydrolysis) is 1. The standard InChI is InChI=1S/C96H140N12O23/c1-60-16-12-11-13-17-61(2)78(119-8)54-73-24-19-66(7)96(118,131-73)89(114)92(115)107-32-15-14-18-75(107)93(116)128-80(55-79(120-9)62(3)49-65(6)87(112)88(113)86(111)64(5)48-60)63(4)50-67-21-25-77(81(52-67)121-10)130-95(117)102-72-28-33-105(34-29-72)58-82(109)99-31-37-123-39-41-125-43-45-127-47-46-126-44-42-124-40-38-122-36-30-83(110)106-35-27-69-51-68(20-22-71(69)57-106)56-108-91-84(90(97)100-59-101-91)85(104-108)70-23-26-76-74(53-70)103-94(98)129-76/h11-13,16-17,20,22-23,26,49,51,53,59-60,62-64,66-67,72-73,75,77-81,87-88,112-113,118H,14-15,18-19,21,24-25,27-48,50,52,54-58H2,1-10H3,(H2,98,103)(H,99,109)(H,102,117)(H2,97,100,101)/b13-11+,16-12+,61-17+,65-49+/t60-,62-,63-,64-,66-,67+,73+,75+,77-,78+,79-,80+,81-,87-,88+,96-/m1/s1. The largest absolute Gasteiger partial charge is 0.460 e. The number of oxazole rings is 1. The molecular formula is C96H140N12O23. The van der Waals surface area contributed by atoms with Crippen molar-refractivity contribution in [2.75, 3.05) is 151 Å². The molecule has 5 aromatic rings. The van der Waals surface area contributed by atoms with Gasteiger partial charge in [0.1, 0.15) is 53.8 Å². The SMILES string of the molecule is CO[C@H]1C[C@@H]2CC[C@@H](C)[C@@](O)(O2)C(=O)C(=O)N2CCCC[C@H]2C(=O)O[C@H]([C@H](C)C[C@@H]2CC[C@@H](OC(=O)NC3CCN(CC(=O)NCCOCCOCCOCCOCCOCCOCCC(=O)N4CCc5cc(Cn6nc(-c7ccc8oc(N)nc8c7)c7c(N)ncnc76)ccc5C4)CC3)[C@H](OC)C2)C[C@@H](OC)[C@H](C)/C=C(\C)[C@@H](O)[C@@H](O)C(=O)[C@H](C)C[C@H](C)/C=C/C=C/C=C/1C. The molecule has 11 rings (SSSR count). The summed E-state index contributed by atoms with van der Waals surface area (Å²) in [7, 11) is 4.70. The van der Waals surface area contributed by atoms with Gasteiger partial charge in [0, 0.05) is 103 Å². The first-order chi connectivity index (χ1) is 63.1. The molecule has 35 nitrogen and oxygen atoms in total. The van der Waals surface area contributed by atoms with Crippen LogP contribution in [-0.2, 0) is 105 Å². The summed E-state index contributed by atoms with van der Waals surface area (Å²) in [5.41, 5.74) is 19.9. The molecule has 2 bridgehead atoms. The van der Waals surface area contributed by atoms with Gasteiger partial charge in [-0.05, 0) is 161 Å². The van der Waals surface area contributed by atoms with E-state index in [1.165, 1.54) is 23.9 Å². The minimum Gasteiger partial charge on any atom is -0.460 e. The van der Waals surface area contributed by atoms with E-state index in [0.29, 0.717) is 228 Å². The zero-order chi connectivity index (χ0) is 93.7. The van der Waals surface area contributed by atoms with Crippen molar-refractivity contribution in [1.29, 1.82) is 0 Å². The highest BCUT2D eigenvalue weighted by Crippen LogP contribution is 2.40. The Hall–Kier alpha value is -9.05. The van der Waals surface area contributed by atoms with E-state index >= 15 is 0 Å². The first-order valence-electron chi connectivity index (χ1n) is 46.7. The number of hydrogen-bond donors (Lipinski definition) is 7. The molecule has 35 heteroatoms. The number of rotatable bonds is 34. The Balaban J connectivity index is 0.527. The Kier molecular flexibility index (Phi) is 39.8. The van der Waals surface area contributed by atoms with Gasteiger partial charge >= 0.3 is 12.1 Å². The van der Waals surface area contributed by atoms with E-state index in [2.05, 4.69) is 43.8 Å². The molecule has 1 aliphatic carbocycles. The summed E-state index contributed by atoms with van der Waals surface area (Å²) in [5, 5.41) is 46.6. The molecular weight excluding hydrogens is 1690 g/mol. The number of aromatic nitrogens is 5. The van der Waals surface area contributed by atoms with E-state index in [0.717, 1.165) is 28.7 Å². The average molecular weight is 1830 g/mol. The van der Waals surface area contributed by atoms with E-state index in [4.69, 9.17) is 77.8 Å². The summed E-state index contributed by atoms with van der Waals surface area (Å²) in [5.74, 6) is -7.73. The lowest BCUT2D eigenvalue weighted by Gasteiger charge is -2.43. The number of likely N-dealkylation sites (tertiary alicyclic amines) is 1. The number of aliphatic hydroxyl groups excluding tert-OH is 2. The quantitative estimate of drug-likeness (QED) is 0.00877. The normalized spacial score (nSPS) is 28.0. The van der Waals surface area contributed by atoms with Crippen molar-refractivity contribution in [3.8, 4) is 11.3 Å². The van der Waals surface area contributed by atoms with Gasteiger partial charge in [-0.2, -0.15) is 10.1 Å². The summed E-state index contributed by atoms with van der Waals surface area (Å²) in [4.78, 5) is 116. The van der Waals surface area contributed by atoms with Crippen LogP contribution in [-0.4, -0.2) is 303 Å². The number of Topliss-reactive ketones (excluding diaryl/α,β-unsaturated/α-hetero) is 2. The molecule has 0 radical (unpaired) electrons. The highest BCUT2D eigenvalue weighted by molar-refractivity contribution is 6.39. The number of aliphatic hydroxyl groups is 3. The summed E-state index contributed by atoms with van der Waals surface area (Å²) >= 11 is 0. The maximum Gasteiger partial charge on any atom is 0.407 e. The number of carbonyl (C=O) groups excluding carboxylic acids is 7. The van der Waals surface area contributed by atoms with E-state index in [-0.39, 0.29) is 80.4 Å². The Labute approximate surface area is 768 Å². The zero-order valence-corrected chi connectivity index (χ0v) is 77.9. The number of allylic oxidation sites excluding steroid dienone is 5. The lowest BCUT2D eigenvalue weighted by Crippen LogP contribution is -2.61. The first-order valence-corrected chi connectivity index (χ1v) is 46.7. The lowest BCUT2D eigenvalue weighted by molar-refractivity contribution is -0.265. The van der Waals surface area contributed by atoms with Crippen LogP contribution >= 0.6 is 0 Å². The minimum absolute atomic E-state index is 0.0265. The Bertz CT molecular complexity index is 4680. The molecule has 9 N–H and O–H groups in total. The monoisotopic (exact) mass is 1830 g/mol. The van der Waals surface area contributed by atoms with Gasteiger partial charge in [-0.3, -0.25) is 28.9 Å². The number of cyclic esters (lactones) is 1. The number of anilines is 2. The zero-order valence-electron chi connectivity index (χ0n) is 77.9. The Morgan fingerprint density at radius 2 is 1.40 bits per heavy atom. The Morgan fingerprint density at radius 3 is 2.11 bits per heavy atom. The molecule has 131 heavy (non-hydrogen) atoms. The number of fused-ring (bicyclic) bond motifs is 6. The number of nitrogens with zero attached hydrogens (tertiary/aromatic N) is 8. The third-order valence-corrected chi connectivity index (χ3v) is 26.3. The van der Waals surface area contributed by atoms with Crippen LogP contribution in [0, 0.1) is 35.5 Å². The van der Waals surface area contributed by atoms with Gasteiger partial charge < -0.3 is 108 Å². The first kappa shape index (κ1) is 102. The molecule has 4 amide bonds. The molecule has 16 atom stereocenters. The smallest absolute Gasteiger partial charge is 0.407 e. The average Bonchev–Trinajstić information content (AvgIpc) is 1.54. The van der Waals surface area contributed by atoms with Gasteiger partial charge in [0.05, 0.1) is 129 Å². The number of benzene rings is 2. The van der Waals surface area contributed by atoms with Gasteiger partial charge in [-0.25, -0.2) is 24.2 Å². The molecule has 0 unspecified atom stereocenters. The molecule has 8 heterocycles. The summed E-state index contributed by atoms with van der Waals surface area (Å²) in [6, 6.07) is 10.6. The minimum atomic E-state index is -2.47. The predicted molar refractivity (Wildman–Crippen MR) is 487 cm³/mol. The number of hydrogen-bond acceptors (Lipinski definition) is 30. The molecule has 6 aliphatic rings. The van der Waals surface area contributed by atoms with Crippen LogP contribution in [0.4, 0.5) is 16.6 Å². The van der Waals surface area contributed by atoms with E-state index < -0.39 is 108 Å². The summed E-state index contributed by atoms with van der Waals surface area (Å²) in [6.45, 7) is 20.6. The van der Waals surface area contributed by atoms with E-state index in [9.17, 15) is 48.9 Å². The number of methoxy groups -OCH3 is 3. The number of esters is 1. The second kappa shape index (κ2) is 50.9. The summed E-state index contributed by atoms with van der Waals surface area (Å²) in [6.07, 6.45) is 12.8. The lowest BCUT2D eigenvalue weighted by atomic mass is 9.78. The van der Waals surface area contributed by atoms with Crippen LogP contribution in [0.25, 0.3) is 33.4 Å². The van der Waals surface area contributed by atoms with Crippen molar-refractivity contribution < 1.29 is 110 Å². The molecule has 3 saturated heterocycles. The van der Waals surface area contributed by atoms with Crippen LogP contribution in [0.5, 0.6) is 0 Å². The van der Waals surface area contributed by atoms with Crippen molar-refractivity contribution in [2.45, 2.75) is 231 Å². The second-order valence-corrected chi connectivity index (χ2v) is 36.0. The number of ether oxygens (including phenoxy) is 12. The number of carbonyl (C=O) groups is 7. The molecule has 5 aliphatic heterocycles. The van der Waals surface area contributed by atoms with E-state index in [1.807, 2.05) is 84.7 Å². The number of nitrogen functional groups attached to an aromatic ring is 2. The van der Waals surface area contributed by atoms with Crippen LogP contribution < -0.4 is 22.1 Å². The van der Waals surface area contributed by atoms with Crippen molar-refractivity contribution >= 4 is 75.3 Å². The molecule has 2 aromatic carbocycles. The highest BCUT2D eigenvalue weighted by Gasteiger charge is 2.53. The number of piperidine rings is 2. The molecule has 1 saturated carbocycles. The van der Waals surface area contributed by atoms with Crippen LogP contribution in [0.3, 0.4) is 0 Å². The van der Waals surface area contributed by atoms with Crippen molar-refractivity contribution in [2.24, 2.45) is 35.5 Å². The topological polar surface area (TPSA) is 446 Å². The molecule has 0 spiro atoms. The maximum absolute atomic E-state index is 14.9. The maximum atomic E-state index is 14.9. The number of nitrogens with one attached hydrogen (secondary N) is 2. The van der Waals surface area contributed by atoms with Gasteiger partial charge in [0.25, 0.3) is 17.7 Å². The second-order valence-electron chi connectivity index (χ2n) is 36.0. The van der Waals surface area contributed by atoms with Crippen molar-refractivity contribution in [3.63, 3.8) is 0 Å². The molecule has 4 fully saturated rings. The fourth-order valence-electron chi connectivity index (χ4n) is 18.6. The third kappa shape index (κ3) is 29.2. The highest BCUT2D eigenvalue weighted by atomic mass is 16.6. The molecule has 722 valence electrons. The van der Waals surface area contributed by atoms with Gasteiger partial charge in [-0.1, -0.05) is 89.3 Å². The fraction of sp³-hybridized carbons (Fsp3) is 0.656. The predicted octanol–water partition coefficient (Wildman–Crippen LogP) is 8.52. The van der Waals surface area contributed by atoms with Gasteiger partial charge in [-0.15, -0.1) is 0 Å². The van der Waals surface area contributed by atoms with E-state index in [1.54, 1.807) is 47.1 Å². The summed E-state index contributed by atoms with van der Waals surface area (Å²) < 4.78 is 78.2. The van der Waals surface area contributed by atoms with Crippen LogP contribution in [0.15, 0.2) is 94.7 Å². The molecule has 3 aromatic heterocycles. The van der Waals surface area contributed by atoms with Crippen LogP contribution in [0.1, 0.15) is 161 Å². The Morgan fingerprint density at radius 1 is 0.702 bits per heavy atom. The van der Waals surface area contributed by atoms with Gasteiger partial charge in [0.15, 0.2) is 17.0 Å². The number of nitrogens with two attached hydrogens (primary N) is 2. The van der Waals surface area contributed by atoms with Crippen molar-refractivity contribution in [1.82, 2.24) is 50.1 Å². The van der Waals surface area contributed by atoms with Crippen LogP contribution in [0.2, 0.25) is 0 Å². The number of amides is 4. The third-order valence-electron chi connectivity index (χ3n) is 26.3. The van der Waals surface area contributed by atoms with Crippen molar-refractivity contribution in [3.05, 3.63) is 107 Å².